The fourth-order valence-corrected chi connectivity index (χ4v) is 3.72. The number of anilines is 1. The van der Waals surface area contributed by atoms with Gasteiger partial charge in [0.2, 0.25) is 5.95 Å². The van der Waals surface area contributed by atoms with Crippen LogP contribution in [-0.4, -0.2) is 50.1 Å². The van der Waals surface area contributed by atoms with Crippen molar-refractivity contribution in [3.8, 4) is 0 Å². The summed E-state index contributed by atoms with van der Waals surface area (Å²) in [6.45, 7) is 4.18. The van der Waals surface area contributed by atoms with Gasteiger partial charge in [-0.05, 0) is 24.8 Å². The van der Waals surface area contributed by atoms with Crippen LogP contribution in [0, 0.1) is 5.92 Å². The highest BCUT2D eigenvalue weighted by Gasteiger charge is 2.35. The average Bonchev–Trinajstić information content (AvgIpc) is 2.77. The van der Waals surface area contributed by atoms with Crippen molar-refractivity contribution in [2.75, 3.05) is 24.5 Å². The summed E-state index contributed by atoms with van der Waals surface area (Å²) in [5.74, 6) is 2.72. The molecule has 3 aliphatic heterocycles. The quantitative estimate of drug-likeness (QED) is 0.855. The van der Waals surface area contributed by atoms with E-state index in [1.54, 1.807) is 0 Å². The molecular formula is C16H22N6. The minimum Gasteiger partial charge on any atom is -0.339 e. The van der Waals surface area contributed by atoms with E-state index in [-0.39, 0.29) is 0 Å². The van der Waals surface area contributed by atoms with Gasteiger partial charge in [0.25, 0.3) is 0 Å². The zero-order valence-electron chi connectivity index (χ0n) is 13.0. The number of imidazole rings is 1. The van der Waals surface area contributed by atoms with Gasteiger partial charge < -0.3 is 9.47 Å². The monoisotopic (exact) mass is 298 g/mol. The van der Waals surface area contributed by atoms with E-state index in [0.717, 1.165) is 38.0 Å². The summed E-state index contributed by atoms with van der Waals surface area (Å²) in [7, 11) is 2.07. The molecule has 116 valence electrons. The van der Waals surface area contributed by atoms with E-state index < -0.39 is 0 Å². The molecule has 2 aromatic heterocycles. The molecule has 3 aliphatic rings. The van der Waals surface area contributed by atoms with Crippen LogP contribution >= 0.6 is 0 Å². The van der Waals surface area contributed by atoms with Gasteiger partial charge in [0.15, 0.2) is 0 Å². The molecule has 0 unspecified atom stereocenters. The maximum absolute atomic E-state index is 4.48. The lowest BCUT2D eigenvalue weighted by Gasteiger charge is -2.35. The molecule has 5 heterocycles. The SMILES string of the molecule is Cn1ccnc1CN1C[C@H]2CC[C@@H]1CN(c1ncccn1)C2. The number of rotatable bonds is 3. The Morgan fingerprint density at radius 2 is 1.91 bits per heavy atom. The Bertz CT molecular complexity index is 625. The molecule has 2 bridgehead atoms. The predicted molar refractivity (Wildman–Crippen MR) is 84.4 cm³/mol. The molecule has 0 radical (unpaired) electrons. The molecule has 0 spiro atoms. The Morgan fingerprint density at radius 1 is 1.05 bits per heavy atom. The average molecular weight is 298 g/mol. The van der Waals surface area contributed by atoms with Crippen molar-refractivity contribution in [3.63, 3.8) is 0 Å². The highest BCUT2D eigenvalue weighted by atomic mass is 15.3. The molecule has 0 aliphatic carbocycles. The van der Waals surface area contributed by atoms with E-state index in [0.29, 0.717) is 12.0 Å². The summed E-state index contributed by atoms with van der Waals surface area (Å²) < 4.78 is 2.12. The largest absolute Gasteiger partial charge is 0.339 e. The predicted octanol–water partition coefficient (Wildman–Crippen LogP) is 1.31. The minimum atomic E-state index is 0.569. The Kier molecular flexibility index (Phi) is 3.54. The van der Waals surface area contributed by atoms with Crippen molar-refractivity contribution in [1.29, 1.82) is 0 Å². The van der Waals surface area contributed by atoms with Crippen molar-refractivity contribution >= 4 is 5.95 Å². The first-order valence-electron chi connectivity index (χ1n) is 8.02. The molecule has 2 atom stereocenters. The number of piperidine rings is 1. The van der Waals surface area contributed by atoms with Gasteiger partial charge in [0, 0.05) is 57.5 Å². The summed E-state index contributed by atoms with van der Waals surface area (Å²) in [6, 6.07) is 2.45. The standard InChI is InChI=1S/C16H22N6/c1-20-8-7-17-15(20)12-21-9-13-3-4-14(21)11-22(10-13)16-18-5-2-6-19-16/h2,5-8,13-14H,3-4,9-12H2,1H3/t13-,14-/m1/s1. The highest BCUT2D eigenvalue weighted by molar-refractivity contribution is 5.30. The third-order valence-corrected chi connectivity index (χ3v) is 4.93. The fraction of sp³-hybridized carbons (Fsp3) is 0.562. The number of hydrogen-bond acceptors (Lipinski definition) is 5. The van der Waals surface area contributed by atoms with E-state index in [1.807, 2.05) is 30.9 Å². The van der Waals surface area contributed by atoms with E-state index >= 15 is 0 Å². The Labute approximate surface area is 130 Å². The lowest BCUT2D eigenvalue weighted by atomic mass is 9.95. The van der Waals surface area contributed by atoms with Gasteiger partial charge >= 0.3 is 0 Å². The normalized spacial score (nSPS) is 25.4. The van der Waals surface area contributed by atoms with Gasteiger partial charge in [-0.1, -0.05) is 0 Å². The molecule has 0 amide bonds. The summed E-state index contributed by atoms with van der Waals surface area (Å²) >= 11 is 0. The zero-order valence-corrected chi connectivity index (χ0v) is 13.0. The van der Waals surface area contributed by atoms with Crippen LogP contribution in [0.1, 0.15) is 18.7 Å². The van der Waals surface area contributed by atoms with Crippen LogP contribution in [0.5, 0.6) is 0 Å². The first-order chi connectivity index (χ1) is 10.8. The van der Waals surface area contributed by atoms with E-state index in [4.69, 9.17) is 0 Å². The maximum atomic E-state index is 4.48. The first-order valence-corrected chi connectivity index (χ1v) is 8.02. The zero-order chi connectivity index (χ0) is 14.9. The van der Waals surface area contributed by atoms with Crippen LogP contribution in [0.25, 0.3) is 0 Å². The molecule has 0 aromatic carbocycles. The third-order valence-electron chi connectivity index (χ3n) is 4.93. The smallest absolute Gasteiger partial charge is 0.225 e. The van der Waals surface area contributed by atoms with E-state index in [2.05, 4.69) is 36.4 Å². The highest BCUT2D eigenvalue weighted by Crippen LogP contribution is 2.30. The summed E-state index contributed by atoms with van der Waals surface area (Å²) in [6.07, 6.45) is 10.1. The van der Waals surface area contributed by atoms with E-state index in [9.17, 15) is 0 Å². The third kappa shape index (κ3) is 2.59. The Hall–Kier alpha value is -1.95. The number of hydrogen-bond donors (Lipinski definition) is 0. The second kappa shape index (κ2) is 5.68. The van der Waals surface area contributed by atoms with Crippen LogP contribution in [-0.2, 0) is 13.6 Å². The van der Waals surface area contributed by atoms with Crippen molar-refractivity contribution in [3.05, 3.63) is 36.7 Å². The molecule has 0 N–H and O–H groups in total. The molecule has 2 aromatic rings. The maximum Gasteiger partial charge on any atom is 0.225 e. The molecular weight excluding hydrogens is 276 g/mol. The second-order valence-electron chi connectivity index (χ2n) is 6.43. The Morgan fingerprint density at radius 3 is 2.68 bits per heavy atom. The first kappa shape index (κ1) is 13.7. The molecule has 5 rings (SSSR count). The summed E-state index contributed by atoms with van der Waals surface area (Å²) in [5.41, 5.74) is 0. The molecule has 6 heteroatoms. The summed E-state index contributed by atoms with van der Waals surface area (Å²) in [4.78, 5) is 18.3. The molecule has 6 nitrogen and oxygen atoms in total. The van der Waals surface area contributed by atoms with Crippen LogP contribution in [0.15, 0.2) is 30.9 Å². The topological polar surface area (TPSA) is 50.1 Å². The Balaban J connectivity index is 1.53. The van der Waals surface area contributed by atoms with Crippen molar-refractivity contribution in [2.45, 2.75) is 25.4 Å². The lowest BCUT2D eigenvalue weighted by molar-refractivity contribution is 0.122. The van der Waals surface area contributed by atoms with Crippen LogP contribution in [0.3, 0.4) is 0 Å². The summed E-state index contributed by atoms with van der Waals surface area (Å²) in [5, 5.41) is 0. The number of aromatic nitrogens is 4. The molecule has 3 saturated heterocycles. The van der Waals surface area contributed by atoms with Crippen molar-refractivity contribution < 1.29 is 0 Å². The number of nitrogens with zero attached hydrogens (tertiary/aromatic N) is 6. The van der Waals surface area contributed by atoms with Crippen LogP contribution in [0.2, 0.25) is 0 Å². The molecule has 22 heavy (non-hydrogen) atoms. The van der Waals surface area contributed by atoms with Gasteiger partial charge in [0.1, 0.15) is 5.82 Å². The number of aryl methyl sites for hydroxylation is 1. The van der Waals surface area contributed by atoms with Crippen molar-refractivity contribution in [1.82, 2.24) is 24.4 Å². The van der Waals surface area contributed by atoms with Gasteiger partial charge in [0.05, 0.1) is 6.54 Å². The van der Waals surface area contributed by atoms with Gasteiger partial charge in [-0.25, -0.2) is 15.0 Å². The van der Waals surface area contributed by atoms with Crippen LogP contribution in [0.4, 0.5) is 5.95 Å². The second-order valence-corrected chi connectivity index (χ2v) is 6.43. The lowest BCUT2D eigenvalue weighted by Crippen LogP contribution is -2.43. The fourth-order valence-electron chi connectivity index (χ4n) is 3.72. The van der Waals surface area contributed by atoms with E-state index in [1.165, 1.54) is 12.8 Å². The van der Waals surface area contributed by atoms with Gasteiger partial charge in [-0.3, -0.25) is 4.90 Å². The molecule has 3 fully saturated rings. The van der Waals surface area contributed by atoms with Gasteiger partial charge in [-0.15, -0.1) is 0 Å². The van der Waals surface area contributed by atoms with Crippen molar-refractivity contribution in [2.24, 2.45) is 13.0 Å². The van der Waals surface area contributed by atoms with Gasteiger partial charge in [-0.2, -0.15) is 0 Å². The molecule has 0 saturated carbocycles. The minimum absolute atomic E-state index is 0.569. The number of fused-ring (bicyclic) bond motifs is 4. The van der Waals surface area contributed by atoms with Crippen LogP contribution < -0.4 is 4.90 Å².